The molecule has 0 aliphatic carbocycles. The summed E-state index contributed by atoms with van der Waals surface area (Å²) >= 11 is 0. The van der Waals surface area contributed by atoms with Gasteiger partial charge in [0.1, 0.15) is 5.75 Å². The topological polar surface area (TPSA) is 27.1 Å². The molecule has 0 aliphatic rings. The number of rotatable bonds is 3. The van der Waals surface area contributed by atoms with Crippen molar-refractivity contribution in [1.29, 1.82) is 0 Å². The Balaban J connectivity index is 2.21. The quantitative estimate of drug-likeness (QED) is 0.648. The van der Waals surface area contributed by atoms with Crippen molar-refractivity contribution in [2.75, 3.05) is 7.11 Å². The third-order valence-electron chi connectivity index (χ3n) is 3.48. The second-order valence-electron chi connectivity index (χ2n) is 4.99. The van der Waals surface area contributed by atoms with Gasteiger partial charge in [-0.3, -0.25) is 0 Å². The molecule has 3 aromatic rings. The van der Waals surface area contributed by atoms with Crippen LogP contribution in [0.25, 0.3) is 16.8 Å². The van der Waals surface area contributed by atoms with E-state index in [1.54, 1.807) is 18.2 Å². The highest BCUT2D eigenvalue weighted by atomic mass is 19.4. The Kier molecular flexibility index (Phi) is 4.01. The first kappa shape index (κ1) is 16.0. The number of alkyl halides is 3. The maximum absolute atomic E-state index is 14.7. The number of halogens is 4. The predicted octanol–water partition coefficient (Wildman–Crippen LogP) is 4.71. The Bertz CT molecular complexity index is 840. The van der Waals surface area contributed by atoms with E-state index in [0.717, 1.165) is 0 Å². The zero-order valence-corrected chi connectivity index (χ0v) is 12.5. The van der Waals surface area contributed by atoms with Gasteiger partial charge in [0.15, 0.2) is 5.69 Å². The van der Waals surface area contributed by atoms with Gasteiger partial charge < -0.3 is 4.74 Å². The number of para-hydroxylation sites is 1. The molecule has 0 aliphatic heterocycles. The van der Waals surface area contributed by atoms with E-state index in [1.165, 1.54) is 43.5 Å². The molecular formula is C17H12F4N2O. The summed E-state index contributed by atoms with van der Waals surface area (Å²) in [6.07, 6.45) is -4.78. The number of hydrogen-bond donors (Lipinski definition) is 0. The van der Waals surface area contributed by atoms with E-state index >= 15 is 0 Å². The number of methoxy groups -OCH3 is 1. The smallest absolute Gasteiger partial charge is 0.435 e. The molecular weight excluding hydrogens is 324 g/mol. The van der Waals surface area contributed by atoms with Gasteiger partial charge in [0, 0.05) is 0 Å². The summed E-state index contributed by atoms with van der Waals surface area (Å²) in [6.45, 7) is 0. The monoisotopic (exact) mass is 336 g/mol. The van der Waals surface area contributed by atoms with E-state index in [1.807, 2.05) is 0 Å². The molecule has 2 aromatic carbocycles. The van der Waals surface area contributed by atoms with Crippen molar-refractivity contribution in [1.82, 2.24) is 9.78 Å². The van der Waals surface area contributed by atoms with Crippen LogP contribution < -0.4 is 4.74 Å². The number of nitrogens with zero attached hydrogens (tertiary/aromatic N) is 2. The van der Waals surface area contributed by atoms with E-state index in [0.29, 0.717) is 10.4 Å². The molecule has 3 rings (SSSR count). The average molecular weight is 336 g/mol. The molecule has 0 saturated carbocycles. The van der Waals surface area contributed by atoms with Gasteiger partial charge in [0.25, 0.3) is 0 Å². The van der Waals surface area contributed by atoms with Crippen molar-refractivity contribution in [3.63, 3.8) is 0 Å². The Morgan fingerprint density at radius 2 is 1.58 bits per heavy atom. The highest BCUT2D eigenvalue weighted by molar-refractivity contribution is 5.68. The van der Waals surface area contributed by atoms with Crippen LogP contribution in [0.1, 0.15) is 5.69 Å². The largest absolute Gasteiger partial charge is 0.497 e. The molecule has 0 N–H and O–H groups in total. The van der Waals surface area contributed by atoms with Gasteiger partial charge in [0.05, 0.1) is 18.4 Å². The maximum Gasteiger partial charge on any atom is 0.435 e. The van der Waals surface area contributed by atoms with Gasteiger partial charge in [-0.1, -0.05) is 30.3 Å². The standard InChI is InChI=1S/C17H12F4N2O/c1-24-13-9-7-11(8-10-13)14-15(17(19,20)21)22-23(16(14)18)12-5-3-2-4-6-12/h2-10H,1H3. The molecule has 0 radical (unpaired) electrons. The summed E-state index contributed by atoms with van der Waals surface area (Å²) in [6, 6.07) is 13.5. The Hall–Kier alpha value is -2.83. The minimum atomic E-state index is -4.78. The maximum atomic E-state index is 14.7. The lowest BCUT2D eigenvalue weighted by Crippen LogP contribution is -2.08. The van der Waals surface area contributed by atoms with Crippen LogP contribution in [0, 0.1) is 5.95 Å². The molecule has 0 amide bonds. The Labute approximate surface area is 135 Å². The van der Waals surface area contributed by atoms with E-state index < -0.39 is 23.4 Å². The number of aromatic nitrogens is 2. The lowest BCUT2D eigenvalue weighted by atomic mass is 10.1. The van der Waals surface area contributed by atoms with Crippen LogP contribution in [-0.4, -0.2) is 16.9 Å². The molecule has 1 heterocycles. The van der Waals surface area contributed by atoms with Gasteiger partial charge >= 0.3 is 6.18 Å². The van der Waals surface area contributed by atoms with E-state index in [9.17, 15) is 17.6 Å². The van der Waals surface area contributed by atoms with Crippen LogP contribution in [0.4, 0.5) is 17.6 Å². The highest BCUT2D eigenvalue weighted by Crippen LogP contribution is 2.39. The van der Waals surface area contributed by atoms with Gasteiger partial charge in [-0.2, -0.15) is 22.7 Å². The number of hydrogen-bond acceptors (Lipinski definition) is 2. The van der Waals surface area contributed by atoms with Crippen molar-refractivity contribution >= 4 is 0 Å². The highest BCUT2D eigenvalue weighted by Gasteiger charge is 2.40. The fourth-order valence-corrected chi connectivity index (χ4v) is 2.35. The first-order chi connectivity index (χ1) is 11.4. The third kappa shape index (κ3) is 2.84. The molecule has 0 fully saturated rings. The summed E-state index contributed by atoms with van der Waals surface area (Å²) in [4.78, 5) is 0. The predicted molar refractivity (Wildman–Crippen MR) is 80.5 cm³/mol. The molecule has 24 heavy (non-hydrogen) atoms. The lowest BCUT2D eigenvalue weighted by Gasteiger charge is -2.07. The van der Waals surface area contributed by atoms with Crippen LogP contribution in [0.3, 0.4) is 0 Å². The van der Waals surface area contributed by atoms with Crippen LogP contribution in [-0.2, 0) is 6.18 Å². The minimum absolute atomic E-state index is 0.0720. The summed E-state index contributed by atoms with van der Waals surface area (Å²) in [5.74, 6) is -0.609. The van der Waals surface area contributed by atoms with Crippen molar-refractivity contribution in [3.05, 3.63) is 66.2 Å². The molecule has 3 nitrogen and oxygen atoms in total. The third-order valence-corrected chi connectivity index (χ3v) is 3.48. The molecule has 7 heteroatoms. The summed E-state index contributed by atoms with van der Waals surface area (Å²) in [5, 5.41) is 3.46. The SMILES string of the molecule is COc1ccc(-c2c(C(F)(F)F)nn(-c3ccccc3)c2F)cc1. The van der Waals surface area contributed by atoms with Gasteiger partial charge in [-0.25, -0.2) is 4.68 Å². The summed E-state index contributed by atoms with van der Waals surface area (Å²) in [7, 11) is 1.43. The molecule has 0 saturated heterocycles. The zero-order valence-electron chi connectivity index (χ0n) is 12.5. The zero-order chi connectivity index (χ0) is 17.3. The normalized spacial score (nSPS) is 11.5. The Morgan fingerprint density at radius 3 is 2.12 bits per heavy atom. The van der Waals surface area contributed by atoms with Crippen LogP contribution in [0.2, 0.25) is 0 Å². The second kappa shape index (κ2) is 5.99. The van der Waals surface area contributed by atoms with Crippen molar-refractivity contribution in [2.45, 2.75) is 6.18 Å². The fraction of sp³-hybridized carbons (Fsp3) is 0.118. The van der Waals surface area contributed by atoms with Crippen LogP contribution in [0.5, 0.6) is 5.75 Å². The van der Waals surface area contributed by atoms with Gasteiger partial charge in [-0.15, -0.1) is 0 Å². The van der Waals surface area contributed by atoms with Crippen LogP contribution in [0.15, 0.2) is 54.6 Å². The van der Waals surface area contributed by atoms with Crippen molar-refractivity contribution < 1.29 is 22.3 Å². The molecule has 0 unspecified atom stereocenters. The first-order valence-electron chi connectivity index (χ1n) is 6.97. The molecule has 0 spiro atoms. The molecule has 0 bridgehead atoms. The summed E-state index contributed by atoms with van der Waals surface area (Å²) in [5.41, 5.74) is -1.58. The van der Waals surface area contributed by atoms with E-state index in [2.05, 4.69) is 5.10 Å². The number of ether oxygens (including phenoxy) is 1. The Morgan fingerprint density at radius 1 is 0.958 bits per heavy atom. The minimum Gasteiger partial charge on any atom is -0.497 e. The molecule has 124 valence electrons. The average Bonchev–Trinajstić information content (AvgIpc) is 2.93. The number of benzene rings is 2. The fourth-order valence-electron chi connectivity index (χ4n) is 2.35. The van der Waals surface area contributed by atoms with Gasteiger partial charge in [-0.05, 0) is 29.8 Å². The molecule has 1 aromatic heterocycles. The first-order valence-corrected chi connectivity index (χ1v) is 6.97. The van der Waals surface area contributed by atoms with Crippen molar-refractivity contribution in [2.24, 2.45) is 0 Å². The van der Waals surface area contributed by atoms with Gasteiger partial charge in [0.2, 0.25) is 5.95 Å². The summed E-state index contributed by atoms with van der Waals surface area (Å²) < 4.78 is 60.3. The second-order valence-corrected chi connectivity index (χ2v) is 4.99. The van der Waals surface area contributed by atoms with Crippen molar-refractivity contribution in [3.8, 4) is 22.6 Å². The van der Waals surface area contributed by atoms with E-state index in [-0.39, 0.29) is 11.3 Å². The van der Waals surface area contributed by atoms with E-state index in [4.69, 9.17) is 4.74 Å². The lowest BCUT2D eigenvalue weighted by molar-refractivity contribution is -0.140. The molecule has 0 atom stereocenters. The van der Waals surface area contributed by atoms with Crippen LogP contribution >= 0.6 is 0 Å².